The maximum atomic E-state index is 11.8. The molecule has 0 spiro atoms. The lowest BCUT2D eigenvalue weighted by molar-refractivity contribution is 0.679. The second kappa shape index (κ2) is 6.49. The number of benzene rings is 1. The van der Waals surface area contributed by atoms with Crippen LogP contribution in [-0.2, 0) is 0 Å². The molecule has 22 heavy (non-hydrogen) atoms. The van der Waals surface area contributed by atoms with Gasteiger partial charge < -0.3 is 5.32 Å². The zero-order chi connectivity index (χ0) is 15.5. The van der Waals surface area contributed by atoms with E-state index in [-0.39, 0.29) is 0 Å². The largest absolute Gasteiger partial charge is 0.381 e. The first-order chi connectivity index (χ1) is 10.7. The first kappa shape index (κ1) is 15.0. The van der Waals surface area contributed by atoms with Gasteiger partial charge in [-0.3, -0.25) is 9.59 Å². The van der Waals surface area contributed by atoms with Crippen molar-refractivity contribution in [1.29, 1.82) is 0 Å². The smallest absolute Gasteiger partial charge is 0.250 e. The van der Waals surface area contributed by atoms with Crippen molar-refractivity contribution < 1.29 is 0 Å². The highest BCUT2D eigenvalue weighted by Crippen LogP contribution is 2.25. The van der Waals surface area contributed by atoms with Gasteiger partial charge in [-0.1, -0.05) is 35.4 Å². The quantitative estimate of drug-likeness (QED) is 0.672. The van der Waals surface area contributed by atoms with Crippen LogP contribution in [0.5, 0.6) is 0 Å². The molecule has 0 radical (unpaired) electrons. The van der Waals surface area contributed by atoms with Crippen molar-refractivity contribution >= 4 is 17.3 Å². The molecule has 0 fully saturated rings. The second-order valence-electron chi connectivity index (χ2n) is 5.70. The summed E-state index contributed by atoms with van der Waals surface area (Å²) in [6.45, 7) is 0.692. The van der Waals surface area contributed by atoms with Crippen LogP contribution >= 0.6 is 11.6 Å². The average Bonchev–Trinajstić information content (AvgIpc) is 2.56. The van der Waals surface area contributed by atoms with Gasteiger partial charge in [0, 0.05) is 11.6 Å². The molecule has 0 bridgehead atoms. The van der Waals surface area contributed by atoms with E-state index < -0.39 is 10.9 Å². The fourth-order valence-electron chi connectivity index (χ4n) is 2.93. The predicted octanol–water partition coefficient (Wildman–Crippen LogP) is 3.91. The van der Waals surface area contributed by atoms with Crippen LogP contribution in [0.2, 0.25) is 5.02 Å². The van der Waals surface area contributed by atoms with E-state index in [2.05, 4.69) is 11.4 Å². The zero-order valence-electron chi connectivity index (χ0n) is 12.3. The van der Waals surface area contributed by atoms with Gasteiger partial charge in [-0.05, 0) is 49.8 Å². The molecule has 3 nitrogen and oxygen atoms in total. The van der Waals surface area contributed by atoms with Crippen LogP contribution in [0.3, 0.4) is 0 Å². The minimum absolute atomic E-state index is 0.414. The third-order valence-corrected chi connectivity index (χ3v) is 4.43. The van der Waals surface area contributed by atoms with E-state index in [4.69, 9.17) is 11.6 Å². The molecular weight excluding hydrogens is 298 g/mol. The molecule has 2 aromatic rings. The molecule has 0 saturated heterocycles. The van der Waals surface area contributed by atoms with Crippen LogP contribution in [-0.4, -0.2) is 6.54 Å². The standard InChI is InChI=1S/C18H18ClNO2/c19-14-8-6-13(7-9-14)15-16(18(22)17(15)21)20-11-10-12-4-2-1-3-5-12/h4,6-9,20H,1-3,5,10-11H2. The summed E-state index contributed by atoms with van der Waals surface area (Å²) in [6, 6.07) is 7.00. The molecule has 0 atom stereocenters. The van der Waals surface area contributed by atoms with Crippen molar-refractivity contribution in [2.24, 2.45) is 0 Å². The Labute approximate surface area is 134 Å². The number of nitrogens with one attached hydrogen (secondary N) is 1. The third-order valence-electron chi connectivity index (χ3n) is 4.18. The van der Waals surface area contributed by atoms with Gasteiger partial charge in [-0.15, -0.1) is 0 Å². The number of allylic oxidation sites excluding steroid dienone is 1. The molecule has 3 rings (SSSR count). The molecule has 0 saturated carbocycles. The monoisotopic (exact) mass is 315 g/mol. The Hall–Kier alpha value is -1.87. The topological polar surface area (TPSA) is 46.2 Å². The average molecular weight is 316 g/mol. The molecule has 4 heteroatoms. The molecule has 0 aromatic heterocycles. The highest BCUT2D eigenvalue weighted by Gasteiger charge is 2.21. The molecule has 2 aromatic carbocycles. The van der Waals surface area contributed by atoms with Crippen LogP contribution in [0, 0.1) is 0 Å². The number of halogens is 1. The highest BCUT2D eigenvalue weighted by atomic mass is 35.5. The first-order valence-corrected chi connectivity index (χ1v) is 8.05. The summed E-state index contributed by atoms with van der Waals surface area (Å²) in [4.78, 5) is 23.6. The maximum Gasteiger partial charge on any atom is 0.250 e. The first-order valence-electron chi connectivity index (χ1n) is 7.68. The summed E-state index contributed by atoms with van der Waals surface area (Å²) in [6.07, 6.45) is 8.06. The lowest BCUT2D eigenvalue weighted by atomic mass is 9.96. The maximum absolute atomic E-state index is 11.8. The Kier molecular flexibility index (Phi) is 4.44. The van der Waals surface area contributed by atoms with Gasteiger partial charge in [0.05, 0.1) is 11.3 Å². The molecule has 114 valence electrons. The van der Waals surface area contributed by atoms with Crippen molar-refractivity contribution in [2.75, 3.05) is 11.9 Å². The van der Waals surface area contributed by atoms with Crippen molar-refractivity contribution in [3.63, 3.8) is 0 Å². The Morgan fingerprint density at radius 3 is 2.50 bits per heavy atom. The molecule has 1 aliphatic rings. The van der Waals surface area contributed by atoms with Crippen molar-refractivity contribution in [3.8, 4) is 11.1 Å². The minimum Gasteiger partial charge on any atom is -0.381 e. The fraction of sp³-hybridized carbons (Fsp3) is 0.333. The molecule has 1 aliphatic carbocycles. The summed E-state index contributed by atoms with van der Waals surface area (Å²) in [5.41, 5.74) is 2.30. The number of hydrogen-bond acceptors (Lipinski definition) is 3. The summed E-state index contributed by atoms with van der Waals surface area (Å²) in [5, 5.41) is 3.76. The SMILES string of the molecule is O=c1c(NCCC2=CCCCC2)c(-c2ccc(Cl)cc2)c1=O. The molecular formula is C18H18ClNO2. The zero-order valence-corrected chi connectivity index (χ0v) is 13.1. The van der Waals surface area contributed by atoms with Crippen LogP contribution < -0.4 is 16.2 Å². The van der Waals surface area contributed by atoms with Gasteiger partial charge in [-0.2, -0.15) is 0 Å². The molecule has 0 amide bonds. The van der Waals surface area contributed by atoms with E-state index in [0.717, 1.165) is 24.8 Å². The highest BCUT2D eigenvalue weighted by molar-refractivity contribution is 6.30. The molecule has 0 heterocycles. The summed E-state index contributed by atoms with van der Waals surface area (Å²) in [7, 11) is 0. The van der Waals surface area contributed by atoms with Crippen molar-refractivity contribution in [3.05, 3.63) is 61.4 Å². The Bertz CT molecular complexity index is 767. The number of rotatable bonds is 5. The van der Waals surface area contributed by atoms with Gasteiger partial charge in [0.15, 0.2) is 0 Å². The summed E-state index contributed by atoms with van der Waals surface area (Å²) in [5.74, 6) is 0. The lowest BCUT2D eigenvalue weighted by Crippen LogP contribution is -2.36. The van der Waals surface area contributed by atoms with E-state index >= 15 is 0 Å². The van der Waals surface area contributed by atoms with Crippen LogP contribution in [0.15, 0.2) is 45.5 Å². The van der Waals surface area contributed by atoms with Crippen molar-refractivity contribution in [1.82, 2.24) is 0 Å². The number of hydrogen-bond donors (Lipinski definition) is 1. The molecule has 1 N–H and O–H groups in total. The summed E-state index contributed by atoms with van der Waals surface area (Å²) < 4.78 is 0. The van der Waals surface area contributed by atoms with Gasteiger partial charge in [0.25, 0.3) is 0 Å². The van der Waals surface area contributed by atoms with Gasteiger partial charge >= 0.3 is 0 Å². The van der Waals surface area contributed by atoms with Crippen LogP contribution in [0.4, 0.5) is 5.69 Å². The molecule has 0 unspecified atom stereocenters. The molecule has 0 aliphatic heterocycles. The van der Waals surface area contributed by atoms with Gasteiger partial charge in [-0.25, -0.2) is 0 Å². The fourth-order valence-corrected chi connectivity index (χ4v) is 3.06. The Morgan fingerprint density at radius 2 is 1.82 bits per heavy atom. The predicted molar refractivity (Wildman–Crippen MR) is 91.5 cm³/mol. The second-order valence-corrected chi connectivity index (χ2v) is 6.14. The van der Waals surface area contributed by atoms with Crippen molar-refractivity contribution in [2.45, 2.75) is 32.1 Å². The summed E-state index contributed by atoms with van der Waals surface area (Å²) >= 11 is 5.86. The van der Waals surface area contributed by atoms with Gasteiger partial charge in [0.1, 0.15) is 0 Å². The van der Waals surface area contributed by atoms with E-state index in [9.17, 15) is 9.59 Å². The minimum atomic E-state index is -0.415. The van der Waals surface area contributed by atoms with E-state index in [1.165, 1.54) is 18.4 Å². The normalized spacial score (nSPS) is 14.9. The van der Waals surface area contributed by atoms with Crippen LogP contribution in [0.1, 0.15) is 32.1 Å². The number of anilines is 1. The Balaban J connectivity index is 1.71. The lowest BCUT2D eigenvalue weighted by Gasteiger charge is -2.16. The Morgan fingerprint density at radius 1 is 1.05 bits per heavy atom. The van der Waals surface area contributed by atoms with Gasteiger partial charge in [0.2, 0.25) is 10.9 Å². The van der Waals surface area contributed by atoms with E-state index in [1.54, 1.807) is 24.3 Å². The van der Waals surface area contributed by atoms with E-state index in [0.29, 0.717) is 22.8 Å². The van der Waals surface area contributed by atoms with E-state index in [1.807, 2.05) is 0 Å². The van der Waals surface area contributed by atoms with Crippen LogP contribution in [0.25, 0.3) is 11.1 Å². The third kappa shape index (κ3) is 3.00.